The van der Waals surface area contributed by atoms with Gasteiger partial charge in [-0.25, -0.2) is 0 Å². The number of rotatable bonds is 12. The number of carbonyl (C=O) groups excluding carboxylic acids is 2. The molecule has 0 aliphatic rings. The molecule has 0 saturated carbocycles. The van der Waals surface area contributed by atoms with E-state index in [0.717, 1.165) is 25.7 Å². The smallest absolute Gasteiger partial charge is 0.313 e. The van der Waals surface area contributed by atoms with Crippen LogP contribution in [0.2, 0.25) is 0 Å². The van der Waals surface area contributed by atoms with Crippen LogP contribution in [0.5, 0.6) is 0 Å². The Morgan fingerprint density at radius 1 is 1.09 bits per heavy atom. The highest BCUT2D eigenvalue weighted by molar-refractivity contribution is 5.95. The van der Waals surface area contributed by atoms with Gasteiger partial charge in [-0.05, 0) is 6.42 Å². The van der Waals surface area contributed by atoms with E-state index in [4.69, 9.17) is 9.84 Å². The molecule has 128 valence electrons. The number of likely N-dealkylation sites (N-methyl/N-ethyl adjacent to an activating group) is 1. The maximum absolute atomic E-state index is 11.8. The number of quaternary nitrogens is 1. The zero-order valence-corrected chi connectivity index (χ0v) is 14.3. The molecule has 22 heavy (non-hydrogen) atoms. The summed E-state index contributed by atoms with van der Waals surface area (Å²) >= 11 is 0. The molecule has 1 atom stereocenters. The van der Waals surface area contributed by atoms with Crippen LogP contribution in [-0.2, 0) is 19.1 Å². The molecule has 0 aromatic heterocycles. The Morgan fingerprint density at radius 3 is 2.23 bits per heavy atom. The molecule has 6 heteroatoms. The van der Waals surface area contributed by atoms with Gasteiger partial charge < -0.3 is 14.3 Å². The second kappa shape index (κ2) is 10.3. The Morgan fingerprint density at radius 2 is 1.73 bits per heavy atom. The molecule has 0 aliphatic carbocycles. The van der Waals surface area contributed by atoms with Gasteiger partial charge in [0.25, 0.3) is 0 Å². The van der Waals surface area contributed by atoms with Gasteiger partial charge in [0.15, 0.2) is 6.10 Å². The lowest BCUT2D eigenvalue weighted by molar-refractivity contribution is -0.873. The van der Waals surface area contributed by atoms with Crippen molar-refractivity contribution in [2.45, 2.75) is 58.0 Å². The molecule has 0 aromatic rings. The first-order chi connectivity index (χ1) is 10.1. The van der Waals surface area contributed by atoms with Crippen molar-refractivity contribution < 1.29 is 28.7 Å². The summed E-state index contributed by atoms with van der Waals surface area (Å²) in [5.41, 5.74) is 0. The number of Topliss-reactive ketones (excluding diaryl/α,β-unsaturated/α-hetero) is 1. The molecule has 0 fully saturated rings. The molecule has 6 nitrogen and oxygen atoms in total. The van der Waals surface area contributed by atoms with Gasteiger partial charge in [0.2, 0.25) is 0 Å². The van der Waals surface area contributed by atoms with E-state index in [1.165, 1.54) is 0 Å². The summed E-state index contributed by atoms with van der Waals surface area (Å²) in [5, 5.41) is 8.88. The van der Waals surface area contributed by atoms with Crippen molar-refractivity contribution in [3.05, 3.63) is 0 Å². The van der Waals surface area contributed by atoms with Crippen LogP contribution >= 0.6 is 0 Å². The van der Waals surface area contributed by atoms with Crippen LogP contribution < -0.4 is 0 Å². The summed E-state index contributed by atoms with van der Waals surface area (Å²) in [7, 11) is 5.67. The van der Waals surface area contributed by atoms with Crippen LogP contribution in [-0.4, -0.2) is 61.1 Å². The number of unbranched alkanes of at least 4 members (excludes halogenated alkanes) is 3. The molecule has 0 heterocycles. The number of nitrogens with zero attached hydrogens (tertiary/aromatic N) is 1. The van der Waals surface area contributed by atoms with Crippen molar-refractivity contribution in [3.63, 3.8) is 0 Å². The van der Waals surface area contributed by atoms with Crippen molar-refractivity contribution in [2.75, 3.05) is 27.7 Å². The molecule has 0 aliphatic heterocycles. The molecule has 0 radical (unpaired) electrons. The minimum absolute atomic E-state index is 0.138. The number of aliphatic carboxylic acids is 1. The van der Waals surface area contributed by atoms with Gasteiger partial charge in [-0.1, -0.05) is 26.2 Å². The Balaban J connectivity index is 4.26. The zero-order valence-electron chi connectivity index (χ0n) is 14.3. The fourth-order valence-electron chi connectivity index (χ4n) is 2.18. The minimum atomic E-state index is -1.02. The zero-order chi connectivity index (χ0) is 17.2. The molecule has 0 amide bonds. The van der Waals surface area contributed by atoms with E-state index in [1.807, 2.05) is 21.1 Å². The average Bonchev–Trinajstić information content (AvgIpc) is 2.31. The molecule has 0 spiro atoms. The van der Waals surface area contributed by atoms with Crippen LogP contribution in [0.25, 0.3) is 0 Å². The standard InChI is InChI=1S/C16H29NO5/c1-5-6-7-8-9-13(18)10-16(21)22-14(11-15(19)20)12-17(2,3)4/h14H,5-12H2,1-4H3/p+1. The van der Waals surface area contributed by atoms with Crippen molar-refractivity contribution in [3.8, 4) is 0 Å². The van der Waals surface area contributed by atoms with E-state index in [-0.39, 0.29) is 18.6 Å². The van der Waals surface area contributed by atoms with Crippen LogP contribution in [0, 0.1) is 0 Å². The van der Waals surface area contributed by atoms with Crippen LogP contribution in [0.4, 0.5) is 0 Å². The van der Waals surface area contributed by atoms with Gasteiger partial charge in [-0.15, -0.1) is 0 Å². The second-order valence-corrected chi connectivity index (χ2v) is 6.71. The summed E-state index contributed by atoms with van der Waals surface area (Å²) < 4.78 is 5.66. The fourth-order valence-corrected chi connectivity index (χ4v) is 2.18. The van der Waals surface area contributed by atoms with Gasteiger partial charge >= 0.3 is 11.9 Å². The quantitative estimate of drug-likeness (QED) is 0.258. The summed E-state index contributed by atoms with van der Waals surface area (Å²) in [5.74, 6) is -1.78. The summed E-state index contributed by atoms with van der Waals surface area (Å²) in [4.78, 5) is 34.3. The van der Waals surface area contributed by atoms with E-state index in [1.54, 1.807) is 0 Å². The molecule has 1 N–H and O–H groups in total. The lowest BCUT2D eigenvalue weighted by atomic mass is 10.1. The molecular weight excluding hydrogens is 286 g/mol. The van der Waals surface area contributed by atoms with E-state index in [9.17, 15) is 14.4 Å². The lowest BCUT2D eigenvalue weighted by Gasteiger charge is -2.28. The molecule has 0 aromatic carbocycles. The number of esters is 1. The maximum Gasteiger partial charge on any atom is 0.313 e. The first-order valence-corrected chi connectivity index (χ1v) is 7.87. The molecule has 0 saturated heterocycles. The Hall–Kier alpha value is -1.43. The predicted molar refractivity (Wildman–Crippen MR) is 83.4 cm³/mol. The lowest BCUT2D eigenvalue weighted by Crippen LogP contribution is -2.44. The monoisotopic (exact) mass is 316 g/mol. The maximum atomic E-state index is 11.8. The molecule has 1 unspecified atom stereocenters. The highest BCUT2D eigenvalue weighted by Gasteiger charge is 2.25. The predicted octanol–water partition coefficient (Wildman–Crippen LogP) is 2.01. The minimum Gasteiger partial charge on any atom is -0.481 e. The summed E-state index contributed by atoms with van der Waals surface area (Å²) in [6, 6.07) is 0. The van der Waals surface area contributed by atoms with E-state index >= 15 is 0 Å². The fraction of sp³-hybridized carbons (Fsp3) is 0.812. The van der Waals surface area contributed by atoms with Gasteiger partial charge in [0.05, 0.1) is 27.6 Å². The number of carboxylic acids is 1. The van der Waals surface area contributed by atoms with Crippen LogP contribution in [0.1, 0.15) is 51.9 Å². The van der Waals surface area contributed by atoms with E-state index in [2.05, 4.69) is 6.92 Å². The Labute approximate surface area is 133 Å². The first-order valence-electron chi connectivity index (χ1n) is 7.87. The second-order valence-electron chi connectivity index (χ2n) is 6.71. The number of hydrogen-bond donors (Lipinski definition) is 1. The van der Waals surface area contributed by atoms with Crippen LogP contribution in [0.3, 0.4) is 0 Å². The van der Waals surface area contributed by atoms with E-state index in [0.29, 0.717) is 17.4 Å². The van der Waals surface area contributed by atoms with Crippen molar-refractivity contribution in [2.24, 2.45) is 0 Å². The topological polar surface area (TPSA) is 80.7 Å². The highest BCUT2D eigenvalue weighted by atomic mass is 16.5. The third-order valence-electron chi connectivity index (χ3n) is 3.10. The average molecular weight is 316 g/mol. The summed E-state index contributed by atoms with van der Waals surface area (Å²) in [6.45, 7) is 2.48. The number of ether oxygens (including phenoxy) is 1. The first kappa shape index (κ1) is 20.6. The van der Waals surface area contributed by atoms with Gasteiger partial charge in [0.1, 0.15) is 18.7 Å². The third-order valence-corrected chi connectivity index (χ3v) is 3.10. The van der Waals surface area contributed by atoms with Crippen molar-refractivity contribution >= 4 is 17.7 Å². The van der Waals surface area contributed by atoms with Crippen molar-refractivity contribution in [1.82, 2.24) is 0 Å². The molecule has 0 rings (SSSR count). The largest absolute Gasteiger partial charge is 0.481 e. The van der Waals surface area contributed by atoms with Gasteiger partial charge in [0, 0.05) is 6.42 Å². The van der Waals surface area contributed by atoms with Gasteiger partial charge in [-0.3, -0.25) is 14.4 Å². The van der Waals surface area contributed by atoms with E-state index < -0.39 is 18.0 Å². The SMILES string of the molecule is CCCCCCC(=O)CC(=O)OC(CC(=O)O)C[N+](C)(C)C. The number of hydrogen-bond acceptors (Lipinski definition) is 4. The molecule has 0 bridgehead atoms. The Kier molecular flexibility index (Phi) is 9.65. The number of carbonyl (C=O) groups is 3. The molecular formula is C16H30NO5+. The highest BCUT2D eigenvalue weighted by Crippen LogP contribution is 2.09. The number of carboxylic acid groups (broad SMARTS) is 1. The van der Waals surface area contributed by atoms with Crippen LogP contribution in [0.15, 0.2) is 0 Å². The Bertz CT molecular complexity index is 373. The normalized spacial score (nSPS) is 12.7. The van der Waals surface area contributed by atoms with Crippen molar-refractivity contribution in [1.29, 1.82) is 0 Å². The summed E-state index contributed by atoms with van der Waals surface area (Å²) in [6.07, 6.45) is 3.12. The third kappa shape index (κ3) is 12.3. The van der Waals surface area contributed by atoms with Gasteiger partial charge in [-0.2, -0.15) is 0 Å². The number of ketones is 1.